The van der Waals surface area contributed by atoms with Crippen LogP contribution < -0.4 is 0 Å². The number of hydrogen-bond acceptors (Lipinski definition) is 3. The zero-order chi connectivity index (χ0) is 8.45. The molecule has 1 aliphatic carbocycles. The second kappa shape index (κ2) is 1.73. The molecule has 1 saturated carbocycles. The van der Waals surface area contributed by atoms with Crippen molar-refractivity contribution in [3.63, 3.8) is 0 Å². The predicted octanol–water partition coefficient (Wildman–Crippen LogP) is 0.212. The van der Waals surface area contributed by atoms with Gasteiger partial charge in [-0.1, -0.05) is 0 Å². The Balaban J connectivity index is 1.70. The van der Waals surface area contributed by atoms with Crippen molar-refractivity contribution in [2.45, 2.75) is 12.8 Å². The predicted molar refractivity (Wildman–Crippen MR) is 43.6 cm³/mol. The largest absolute Gasteiger partial charge is 0.380 e. The minimum Gasteiger partial charge on any atom is -0.380 e. The summed E-state index contributed by atoms with van der Waals surface area (Å²) in [6.07, 6.45) is 2.19. The molecule has 3 aliphatic rings. The summed E-state index contributed by atoms with van der Waals surface area (Å²) in [6, 6.07) is 0. The molecule has 3 rings (SSSR count). The third kappa shape index (κ3) is 0.773. The molecule has 2 saturated heterocycles. The zero-order valence-corrected chi connectivity index (χ0v) is 7.69. The molecule has 0 aromatic heterocycles. The molecular formula is C8H12O3S. The molecule has 0 unspecified atom stereocenters. The Morgan fingerprint density at radius 1 is 1.00 bits per heavy atom. The normalized spacial score (nSPS) is 38.3. The molecule has 12 heavy (non-hydrogen) atoms. The topological polar surface area (TPSA) is 43.4 Å². The fourth-order valence-electron chi connectivity index (χ4n) is 3.23. The molecule has 0 bridgehead atoms. The van der Waals surface area contributed by atoms with Crippen molar-refractivity contribution in [1.29, 1.82) is 0 Å². The van der Waals surface area contributed by atoms with Crippen LogP contribution in [0.3, 0.4) is 0 Å². The summed E-state index contributed by atoms with van der Waals surface area (Å²) in [4.78, 5) is 0. The molecule has 0 atom stereocenters. The molecule has 3 fully saturated rings. The van der Waals surface area contributed by atoms with Crippen LogP contribution >= 0.6 is 0 Å². The molecule has 4 heteroatoms. The van der Waals surface area contributed by atoms with Crippen molar-refractivity contribution in [1.82, 2.24) is 0 Å². The minimum atomic E-state index is -2.63. The Labute approximate surface area is 72.0 Å². The molecule has 68 valence electrons. The maximum Gasteiger partial charge on any atom is 0.151 e. The smallest absolute Gasteiger partial charge is 0.151 e. The van der Waals surface area contributed by atoms with Crippen LogP contribution in [0.4, 0.5) is 0 Å². The molecule has 3 nitrogen and oxygen atoms in total. The van der Waals surface area contributed by atoms with E-state index in [4.69, 9.17) is 4.74 Å². The van der Waals surface area contributed by atoms with E-state index in [-0.39, 0.29) is 5.41 Å². The lowest BCUT2D eigenvalue weighted by molar-refractivity contribution is -0.203. The Hall–Kier alpha value is -0.0900. The zero-order valence-electron chi connectivity index (χ0n) is 6.88. The first-order valence-corrected chi connectivity index (χ1v) is 6.14. The van der Waals surface area contributed by atoms with Crippen LogP contribution in [0.15, 0.2) is 0 Å². The van der Waals surface area contributed by atoms with Crippen LogP contribution in [-0.2, 0) is 14.6 Å². The minimum absolute atomic E-state index is 0.197. The second-order valence-corrected chi connectivity index (χ2v) is 6.94. The van der Waals surface area contributed by atoms with Gasteiger partial charge >= 0.3 is 0 Å². The van der Waals surface area contributed by atoms with Gasteiger partial charge in [0, 0.05) is 5.41 Å². The molecule has 0 aromatic carbocycles. The third-order valence-corrected chi connectivity index (χ3v) is 5.47. The van der Waals surface area contributed by atoms with Gasteiger partial charge in [0.1, 0.15) is 0 Å². The van der Waals surface area contributed by atoms with Crippen molar-refractivity contribution in [2.75, 3.05) is 24.7 Å². The van der Waals surface area contributed by atoms with Gasteiger partial charge in [-0.25, -0.2) is 8.42 Å². The average Bonchev–Trinajstić information content (AvgIpc) is 1.70. The van der Waals surface area contributed by atoms with E-state index in [2.05, 4.69) is 0 Å². The van der Waals surface area contributed by atoms with E-state index in [1.54, 1.807) is 0 Å². The van der Waals surface area contributed by atoms with E-state index in [1.807, 2.05) is 0 Å². The molecule has 2 spiro atoms. The first-order chi connectivity index (χ1) is 5.54. The summed E-state index contributed by atoms with van der Waals surface area (Å²) in [6.45, 7) is 1.74. The van der Waals surface area contributed by atoms with E-state index in [0.29, 0.717) is 16.9 Å². The lowest BCUT2D eigenvalue weighted by Gasteiger charge is -2.63. The third-order valence-electron chi connectivity index (χ3n) is 3.37. The SMILES string of the molecule is O=S1(=O)CC2(CC3(COC3)C2)C1. The summed E-state index contributed by atoms with van der Waals surface area (Å²) in [5.41, 5.74) is 0.610. The number of ether oxygens (including phenoxy) is 1. The Morgan fingerprint density at radius 3 is 1.92 bits per heavy atom. The van der Waals surface area contributed by atoms with E-state index < -0.39 is 9.84 Å². The van der Waals surface area contributed by atoms with Crippen molar-refractivity contribution in [2.24, 2.45) is 10.8 Å². The summed E-state index contributed by atoms with van der Waals surface area (Å²) in [7, 11) is -2.63. The Morgan fingerprint density at radius 2 is 1.58 bits per heavy atom. The molecule has 0 aromatic rings. The highest BCUT2D eigenvalue weighted by Gasteiger charge is 2.64. The van der Waals surface area contributed by atoms with Crippen LogP contribution in [0.2, 0.25) is 0 Å². The highest BCUT2D eigenvalue weighted by molar-refractivity contribution is 7.92. The monoisotopic (exact) mass is 188 g/mol. The van der Waals surface area contributed by atoms with Gasteiger partial charge in [-0.2, -0.15) is 0 Å². The lowest BCUT2D eigenvalue weighted by Crippen LogP contribution is -2.66. The van der Waals surface area contributed by atoms with Gasteiger partial charge in [-0.15, -0.1) is 0 Å². The van der Waals surface area contributed by atoms with Crippen molar-refractivity contribution in [3.8, 4) is 0 Å². The molecule has 0 radical (unpaired) electrons. The van der Waals surface area contributed by atoms with Crippen LogP contribution in [0.25, 0.3) is 0 Å². The van der Waals surface area contributed by atoms with Gasteiger partial charge < -0.3 is 4.74 Å². The fourth-order valence-corrected chi connectivity index (χ4v) is 5.42. The maximum atomic E-state index is 11.0. The summed E-state index contributed by atoms with van der Waals surface area (Å²) < 4.78 is 27.1. The molecule has 0 amide bonds. The summed E-state index contributed by atoms with van der Waals surface area (Å²) in [5, 5.41) is 0. The summed E-state index contributed by atoms with van der Waals surface area (Å²) >= 11 is 0. The standard InChI is InChI=1S/C8H12O3S/c9-12(10)5-8(6-12)1-7(2-8)3-11-4-7/h1-6H2. The van der Waals surface area contributed by atoms with Crippen molar-refractivity contribution >= 4 is 9.84 Å². The highest BCUT2D eigenvalue weighted by Crippen LogP contribution is 2.62. The van der Waals surface area contributed by atoms with Crippen molar-refractivity contribution < 1.29 is 13.2 Å². The highest BCUT2D eigenvalue weighted by atomic mass is 32.2. The van der Waals surface area contributed by atoms with Crippen LogP contribution in [-0.4, -0.2) is 33.1 Å². The van der Waals surface area contributed by atoms with Gasteiger partial charge in [0.2, 0.25) is 0 Å². The van der Waals surface area contributed by atoms with Crippen molar-refractivity contribution in [3.05, 3.63) is 0 Å². The number of rotatable bonds is 0. The maximum absolute atomic E-state index is 11.0. The van der Waals surface area contributed by atoms with E-state index >= 15 is 0 Å². The van der Waals surface area contributed by atoms with Crippen LogP contribution in [0.5, 0.6) is 0 Å². The van der Waals surface area contributed by atoms with Crippen LogP contribution in [0, 0.1) is 10.8 Å². The van der Waals surface area contributed by atoms with Gasteiger partial charge in [0.15, 0.2) is 9.84 Å². The Kier molecular flexibility index (Phi) is 1.05. The average molecular weight is 188 g/mol. The van der Waals surface area contributed by atoms with E-state index in [1.165, 1.54) is 0 Å². The quantitative estimate of drug-likeness (QED) is 0.546. The van der Waals surface area contributed by atoms with Crippen LogP contribution in [0.1, 0.15) is 12.8 Å². The molecule has 2 aliphatic heterocycles. The summed E-state index contributed by atoms with van der Waals surface area (Å²) in [5.74, 6) is 0.892. The molecule has 0 N–H and O–H groups in total. The first-order valence-electron chi connectivity index (χ1n) is 4.32. The van der Waals surface area contributed by atoms with Gasteiger partial charge in [0.25, 0.3) is 0 Å². The second-order valence-electron chi connectivity index (χ2n) is 4.88. The lowest BCUT2D eigenvalue weighted by atomic mass is 9.53. The fraction of sp³-hybridized carbons (Fsp3) is 1.00. The van der Waals surface area contributed by atoms with Gasteiger partial charge in [-0.05, 0) is 18.3 Å². The molecular weight excluding hydrogens is 176 g/mol. The van der Waals surface area contributed by atoms with E-state index in [0.717, 1.165) is 26.1 Å². The Bertz CT molecular complexity index is 304. The van der Waals surface area contributed by atoms with Gasteiger partial charge in [0.05, 0.1) is 24.7 Å². The van der Waals surface area contributed by atoms with E-state index in [9.17, 15) is 8.42 Å². The number of hydrogen-bond donors (Lipinski definition) is 0. The van der Waals surface area contributed by atoms with Gasteiger partial charge in [-0.3, -0.25) is 0 Å². The first kappa shape index (κ1) is 7.33. The molecule has 2 heterocycles. The number of sulfone groups is 1.